The van der Waals surface area contributed by atoms with Crippen molar-refractivity contribution in [2.75, 3.05) is 20.8 Å². The van der Waals surface area contributed by atoms with E-state index in [2.05, 4.69) is 15.5 Å². The molecule has 0 bridgehead atoms. The lowest BCUT2D eigenvalue weighted by Gasteiger charge is -2.22. The van der Waals surface area contributed by atoms with Gasteiger partial charge in [0.15, 0.2) is 0 Å². The minimum atomic E-state index is -0.847. The second kappa shape index (κ2) is 7.57. The number of fused-ring (bicyclic) bond motifs is 1. The Labute approximate surface area is 146 Å². The van der Waals surface area contributed by atoms with Gasteiger partial charge in [0.05, 0.1) is 32.4 Å². The summed E-state index contributed by atoms with van der Waals surface area (Å²) in [7, 11) is 3.11. The van der Waals surface area contributed by atoms with Crippen LogP contribution >= 0.6 is 0 Å². The molecule has 0 spiro atoms. The lowest BCUT2D eigenvalue weighted by molar-refractivity contribution is -0.123. The number of H-pyrrole nitrogens is 1. The molecular weight excluding hydrogens is 322 g/mol. The summed E-state index contributed by atoms with van der Waals surface area (Å²) in [6.45, 7) is 0.124. The first kappa shape index (κ1) is 17.3. The first-order valence-corrected chi connectivity index (χ1v) is 8.33. The molecule has 0 aliphatic heterocycles. The molecule has 0 fully saturated rings. The number of benzene rings is 1. The van der Waals surface area contributed by atoms with Gasteiger partial charge in [0, 0.05) is 23.9 Å². The SMILES string of the molecule is COc1cc(OC)cc(C(O)CNC(=O)C2CCCc3[nH]ncc32)c1. The maximum absolute atomic E-state index is 12.5. The maximum Gasteiger partial charge on any atom is 0.227 e. The number of rotatable bonds is 6. The monoisotopic (exact) mass is 345 g/mol. The van der Waals surface area contributed by atoms with Gasteiger partial charge in [-0.1, -0.05) is 0 Å². The number of aliphatic hydroxyl groups excluding tert-OH is 1. The first-order chi connectivity index (χ1) is 12.1. The molecule has 7 nitrogen and oxygen atoms in total. The second-order valence-electron chi connectivity index (χ2n) is 6.16. The summed E-state index contributed by atoms with van der Waals surface area (Å²) in [6.07, 6.45) is 3.54. The molecule has 2 aromatic rings. The Bertz CT molecular complexity index is 721. The Morgan fingerprint density at radius 2 is 2.08 bits per heavy atom. The molecule has 25 heavy (non-hydrogen) atoms. The van der Waals surface area contributed by atoms with E-state index in [-0.39, 0.29) is 18.4 Å². The number of methoxy groups -OCH3 is 2. The predicted octanol–water partition coefficient (Wildman–Crippen LogP) is 1.70. The summed E-state index contributed by atoms with van der Waals surface area (Å²) in [5.41, 5.74) is 2.62. The first-order valence-electron chi connectivity index (χ1n) is 8.33. The number of aromatic nitrogens is 2. The second-order valence-corrected chi connectivity index (χ2v) is 6.16. The van der Waals surface area contributed by atoms with Gasteiger partial charge in [-0.05, 0) is 37.0 Å². The molecule has 0 saturated carbocycles. The number of hydrogen-bond acceptors (Lipinski definition) is 5. The Kier molecular flexibility index (Phi) is 5.23. The Morgan fingerprint density at radius 3 is 2.76 bits per heavy atom. The number of nitrogens with zero attached hydrogens (tertiary/aromatic N) is 1. The van der Waals surface area contributed by atoms with Gasteiger partial charge in [-0.2, -0.15) is 5.10 Å². The predicted molar refractivity (Wildman–Crippen MR) is 91.8 cm³/mol. The maximum atomic E-state index is 12.5. The van der Waals surface area contributed by atoms with Crippen LogP contribution in [0.5, 0.6) is 11.5 Å². The minimum Gasteiger partial charge on any atom is -0.497 e. The molecule has 1 aromatic carbocycles. The van der Waals surface area contributed by atoms with E-state index in [1.54, 1.807) is 38.6 Å². The highest BCUT2D eigenvalue weighted by molar-refractivity contribution is 5.84. The number of hydrogen-bond donors (Lipinski definition) is 3. The number of nitrogens with one attached hydrogen (secondary N) is 2. The molecule has 1 amide bonds. The van der Waals surface area contributed by atoms with Gasteiger partial charge in [-0.15, -0.1) is 0 Å². The van der Waals surface area contributed by atoms with E-state index in [0.29, 0.717) is 17.1 Å². The van der Waals surface area contributed by atoms with Gasteiger partial charge in [0.2, 0.25) is 5.91 Å². The van der Waals surface area contributed by atoms with Gasteiger partial charge in [0.1, 0.15) is 11.5 Å². The van der Waals surface area contributed by atoms with Crippen LogP contribution in [0, 0.1) is 0 Å². The van der Waals surface area contributed by atoms with E-state index in [1.807, 2.05) is 0 Å². The van der Waals surface area contributed by atoms with Crippen molar-refractivity contribution in [3.05, 3.63) is 41.2 Å². The van der Waals surface area contributed by atoms with Gasteiger partial charge in [-0.25, -0.2) is 0 Å². The Hall–Kier alpha value is -2.54. The lowest BCUT2D eigenvalue weighted by Crippen LogP contribution is -2.34. The van der Waals surface area contributed by atoms with Crippen molar-refractivity contribution in [1.82, 2.24) is 15.5 Å². The fourth-order valence-corrected chi connectivity index (χ4v) is 3.19. The molecule has 0 saturated heterocycles. The van der Waals surface area contributed by atoms with E-state index in [4.69, 9.17) is 9.47 Å². The number of carbonyl (C=O) groups excluding carboxylic acids is 1. The molecule has 1 heterocycles. The quantitative estimate of drug-likeness (QED) is 0.740. The molecule has 7 heteroatoms. The van der Waals surface area contributed by atoms with Crippen molar-refractivity contribution in [3.63, 3.8) is 0 Å². The standard InChI is InChI=1S/C18H23N3O4/c1-24-12-6-11(7-13(8-12)25-2)17(22)10-19-18(23)14-4-3-5-16-15(14)9-20-21-16/h6-9,14,17,22H,3-5,10H2,1-2H3,(H,19,23)(H,20,21). The van der Waals surface area contributed by atoms with Crippen LogP contribution in [0.3, 0.4) is 0 Å². The number of aromatic amines is 1. The largest absolute Gasteiger partial charge is 0.497 e. The molecule has 2 unspecified atom stereocenters. The number of ether oxygens (including phenoxy) is 2. The number of aliphatic hydroxyl groups is 1. The van der Waals surface area contributed by atoms with Gasteiger partial charge < -0.3 is 19.9 Å². The number of aryl methyl sites for hydroxylation is 1. The van der Waals surface area contributed by atoms with Crippen LogP contribution in [-0.2, 0) is 11.2 Å². The average Bonchev–Trinajstić information content (AvgIpc) is 3.14. The normalized spacial score (nSPS) is 17.5. The van der Waals surface area contributed by atoms with E-state index in [1.165, 1.54) is 0 Å². The van der Waals surface area contributed by atoms with E-state index in [9.17, 15) is 9.90 Å². The van der Waals surface area contributed by atoms with Gasteiger partial charge in [0.25, 0.3) is 0 Å². The third-order valence-corrected chi connectivity index (χ3v) is 4.59. The van der Waals surface area contributed by atoms with Gasteiger partial charge >= 0.3 is 0 Å². The van der Waals surface area contributed by atoms with Crippen molar-refractivity contribution >= 4 is 5.91 Å². The highest BCUT2D eigenvalue weighted by Crippen LogP contribution is 2.30. The highest BCUT2D eigenvalue weighted by Gasteiger charge is 2.28. The third kappa shape index (κ3) is 3.76. The van der Waals surface area contributed by atoms with E-state index >= 15 is 0 Å². The summed E-state index contributed by atoms with van der Waals surface area (Å²) in [6, 6.07) is 5.19. The van der Waals surface area contributed by atoms with Gasteiger partial charge in [-0.3, -0.25) is 9.89 Å². The number of amides is 1. The lowest BCUT2D eigenvalue weighted by atomic mass is 9.86. The molecule has 134 valence electrons. The summed E-state index contributed by atoms with van der Waals surface area (Å²) >= 11 is 0. The van der Waals surface area contributed by atoms with Crippen LogP contribution < -0.4 is 14.8 Å². The summed E-state index contributed by atoms with van der Waals surface area (Å²) in [5, 5.41) is 20.2. The molecule has 2 atom stereocenters. The molecule has 1 aliphatic rings. The highest BCUT2D eigenvalue weighted by atomic mass is 16.5. The van der Waals surface area contributed by atoms with Crippen LogP contribution in [0.4, 0.5) is 0 Å². The molecule has 1 aliphatic carbocycles. The van der Waals surface area contributed by atoms with Crippen molar-refractivity contribution < 1.29 is 19.4 Å². The minimum absolute atomic E-state index is 0.0868. The summed E-state index contributed by atoms with van der Waals surface area (Å²) in [4.78, 5) is 12.5. The molecule has 1 aromatic heterocycles. The van der Waals surface area contributed by atoms with Crippen molar-refractivity contribution in [2.45, 2.75) is 31.3 Å². The van der Waals surface area contributed by atoms with Crippen molar-refractivity contribution in [3.8, 4) is 11.5 Å². The fraction of sp³-hybridized carbons (Fsp3) is 0.444. The van der Waals surface area contributed by atoms with Crippen LogP contribution in [0.25, 0.3) is 0 Å². The topological polar surface area (TPSA) is 96.5 Å². The molecular formula is C18H23N3O4. The van der Waals surface area contributed by atoms with Crippen LogP contribution in [-0.4, -0.2) is 42.0 Å². The zero-order valence-corrected chi connectivity index (χ0v) is 14.4. The van der Waals surface area contributed by atoms with E-state index < -0.39 is 6.10 Å². The Morgan fingerprint density at radius 1 is 1.36 bits per heavy atom. The molecule has 3 rings (SSSR count). The molecule has 3 N–H and O–H groups in total. The number of carbonyl (C=O) groups is 1. The Balaban J connectivity index is 1.65. The molecule has 0 radical (unpaired) electrons. The van der Waals surface area contributed by atoms with Crippen molar-refractivity contribution in [2.24, 2.45) is 0 Å². The van der Waals surface area contributed by atoms with Crippen molar-refractivity contribution in [1.29, 1.82) is 0 Å². The smallest absolute Gasteiger partial charge is 0.227 e. The zero-order valence-electron chi connectivity index (χ0n) is 14.4. The average molecular weight is 345 g/mol. The zero-order chi connectivity index (χ0) is 17.8. The summed E-state index contributed by atoms with van der Waals surface area (Å²) in [5.74, 6) is 0.885. The fourth-order valence-electron chi connectivity index (χ4n) is 3.19. The summed E-state index contributed by atoms with van der Waals surface area (Å²) < 4.78 is 10.4. The van der Waals surface area contributed by atoms with E-state index in [0.717, 1.165) is 30.5 Å². The van der Waals surface area contributed by atoms with Crippen LogP contribution in [0.2, 0.25) is 0 Å². The van der Waals surface area contributed by atoms with Crippen LogP contribution in [0.15, 0.2) is 24.4 Å². The third-order valence-electron chi connectivity index (χ3n) is 4.59. The van der Waals surface area contributed by atoms with Crippen LogP contribution in [0.1, 0.15) is 41.7 Å².